The topological polar surface area (TPSA) is 95.2 Å². The lowest BCUT2D eigenvalue weighted by atomic mass is 10.0. The minimum absolute atomic E-state index is 0.681. The Morgan fingerprint density at radius 1 is 1.24 bits per heavy atom. The van der Waals surface area contributed by atoms with Gasteiger partial charge in [0.05, 0.1) is 16.9 Å². The van der Waals surface area contributed by atoms with Crippen molar-refractivity contribution in [3.8, 4) is 22.8 Å². The first-order valence-electron chi connectivity index (χ1n) is 11.4. The number of hydrogen-bond donors (Lipinski definition) is 3. The molecule has 1 aliphatic carbocycles. The second kappa shape index (κ2) is 9.41. The first-order valence-corrected chi connectivity index (χ1v) is 11.4. The molecular weight excluding hydrogens is 422 g/mol. The van der Waals surface area contributed by atoms with E-state index in [0.717, 1.165) is 69.9 Å². The molecule has 0 aliphatic heterocycles. The van der Waals surface area contributed by atoms with E-state index >= 15 is 0 Å². The molecule has 4 aromatic rings. The van der Waals surface area contributed by atoms with Gasteiger partial charge in [-0.25, -0.2) is 9.97 Å². The van der Waals surface area contributed by atoms with Gasteiger partial charge in [0, 0.05) is 35.8 Å². The van der Waals surface area contributed by atoms with Crippen LogP contribution < -0.4 is 5.32 Å². The fourth-order valence-electron chi connectivity index (χ4n) is 4.14. The van der Waals surface area contributed by atoms with Crippen LogP contribution >= 0.6 is 0 Å². The van der Waals surface area contributed by atoms with Gasteiger partial charge in [-0.05, 0) is 49.2 Å². The maximum atomic E-state index is 4.93. The normalized spacial score (nSPS) is 13.6. The summed E-state index contributed by atoms with van der Waals surface area (Å²) in [5.41, 5.74) is 9.30. The Kier molecular flexibility index (Phi) is 6.01. The highest BCUT2D eigenvalue weighted by Gasteiger charge is 2.19. The molecular formula is C27H27N7. The number of nitrogens with zero attached hydrogens (tertiary/aromatic N) is 4. The van der Waals surface area contributed by atoms with Crippen molar-refractivity contribution in [1.82, 2.24) is 35.5 Å². The molecule has 0 radical (unpaired) electrons. The molecule has 0 spiro atoms. The summed E-state index contributed by atoms with van der Waals surface area (Å²) < 4.78 is 0. The van der Waals surface area contributed by atoms with Crippen molar-refractivity contribution in [2.45, 2.75) is 26.8 Å². The number of aromatic amines is 2. The largest absolute Gasteiger partial charge is 0.340 e. The lowest BCUT2D eigenvalue weighted by Gasteiger charge is -2.05. The zero-order chi connectivity index (χ0) is 23.5. The summed E-state index contributed by atoms with van der Waals surface area (Å²) in [4.78, 5) is 17.7. The summed E-state index contributed by atoms with van der Waals surface area (Å²) >= 11 is 0. The quantitative estimate of drug-likeness (QED) is 0.318. The smallest absolute Gasteiger partial charge is 0.161 e. The van der Waals surface area contributed by atoms with Crippen LogP contribution in [-0.2, 0) is 6.54 Å². The van der Waals surface area contributed by atoms with Crippen LogP contribution in [0.2, 0.25) is 0 Å². The lowest BCUT2D eigenvalue weighted by Crippen LogP contribution is -2.11. The van der Waals surface area contributed by atoms with Gasteiger partial charge in [0.2, 0.25) is 0 Å². The third kappa shape index (κ3) is 4.13. The zero-order valence-corrected chi connectivity index (χ0v) is 19.4. The summed E-state index contributed by atoms with van der Waals surface area (Å²) in [6.45, 7) is 9.68. The van der Waals surface area contributed by atoms with Crippen molar-refractivity contribution < 1.29 is 0 Å². The number of nitrogens with one attached hydrogen (secondary N) is 3. The van der Waals surface area contributed by atoms with Gasteiger partial charge in [0.25, 0.3) is 0 Å². The van der Waals surface area contributed by atoms with Gasteiger partial charge in [-0.3, -0.25) is 10.1 Å². The van der Waals surface area contributed by atoms with Gasteiger partial charge in [-0.15, -0.1) is 0 Å². The molecule has 1 aliphatic rings. The minimum atomic E-state index is 0.681. The Balaban J connectivity index is 1.55. The predicted molar refractivity (Wildman–Crippen MR) is 137 cm³/mol. The number of allylic oxidation sites excluding steroid dienone is 7. The molecule has 0 fully saturated rings. The summed E-state index contributed by atoms with van der Waals surface area (Å²) in [6, 6.07) is 6.11. The van der Waals surface area contributed by atoms with Crippen LogP contribution in [0.4, 0.5) is 0 Å². The molecule has 0 amide bonds. The van der Waals surface area contributed by atoms with Crippen LogP contribution in [0.1, 0.15) is 30.3 Å². The van der Waals surface area contributed by atoms with Crippen molar-refractivity contribution >= 4 is 16.6 Å². The molecule has 5 rings (SSSR count). The van der Waals surface area contributed by atoms with Crippen LogP contribution in [0, 0.1) is 6.92 Å². The fraction of sp³-hybridized carbons (Fsp3) is 0.185. The van der Waals surface area contributed by atoms with Crippen LogP contribution in [0.3, 0.4) is 0 Å². The lowest BCUT2D eigenvalue weighted by molar-refractivity contribution is 0.724. The molecule has 3 N–H and O–H groups in total. The van der Waals surface area contributed by atoms with Crippen molar-refractivity contribution in [2.75, 3.05) is 6.54 Å². The third-order valence-corrected chi connectivity index (χ3v) is 5.81. The number of fused-ring (bicyclic) bond motifs is 1. The van der Waals surface area contributed by atoms with Crippen LogP contribution in [0.5, 0.6) is 0 Å². The number of aromatic nitrogens is 6. The van der Waals surface area contributed by atoms with Crippen molar-refractivity contribution in [3.63, 3.8) is 0 Å². The van der Waals surface area contributed by atoms with Gasteiger partial charge in [0.15, 0.2) is 11.5 Å². The summed E-state index contributed by atoms with van der Waals surface area (Å²) in [5, 5.41) is 11.0. The second-order valence-corrected chi connectivity index (χ2v) is 8.20. The Labute approximate surface area is 198 Å². The number of imidazole rings is 1. The van der Waals surface area contributed by atoms with E-state index in [1.54, 1.807) is 6.08 Å². The SMILES string of the molecule is C=C/C=C(/C1=CCC=C1)c1nc(-c2n[nH]c3ccc(-c4cncc(CNCC)c4)nc23)[nH]c1C. The van der Waals surface area contributed by atoms with Crippen molar-refractivity contribution in [2.24, 2.45) is 0 Å². The fourth-order valence-corrected chi connectivity index (χ4v) is 4.14. The van der Waals surface area contributed by atoms with Crippen molar-refractivity contribution in [1.29, 1.82) is 0 Å². The van der Waals surface area contributed by atoms with E-state index in [9.17, 15) is 0 Å². The van der Waals surface area contributed by atoms with E-state index in [4.69, 9.17) is 9.97 Å². The molecule has 34 heavy (non-hydrogen) atoms. The standard InChI is InChI=1S/C27H27N7/c1-4-8-21(19-9-6-7-10-19)24-17(3)30-27(32-24)26-25-23(33-34-26)12-11-22(31-25)20-13-18(14-28-5-2)15-29-16-20/h4,6,8-13,15-16,28H,1,5,7,14H2,2-3H3,(H,30,32)(H,33,34)/b21-8-. The van der Waals surface area contributed by atoms with E-state index in [0.29, 0.717) is 11.5 Å². The monoisotopic (exact) mass is 449 g/mol. The highest BCUT2D eigenvalue weighted by Crippen LogP contribution is 2.32. The molecule has 0 unspecified atom stereocenters. The molecule has 170 valence electrons. The van der Waals surface area contributed by atoms with Gasteiger partial charge in [-0.2, -0.15) is 5.10 Å². The third-order valence-electron chi connectivity index (χ3n) is 5.81. The molecule has 0 saturated carbocycles. The maximum absolute atomic E-state index is 4.93. The minimum Gasteiger partial charge on any atom is -0.340 e. The average Bonchev–Trinajstić information content (AvgIpc) is 3.61. The number of hydrogen-bond acceptors (Lipinski definition) is 5. The number of aryl methyl sites for hydroxylation is 1. The Morgan fingerprint density at radius 2 is 2.15 bits per heavy atom. The number of H-pyrrole nitrogens is 2. The molecule has 0 aromatic carbocycles. The van der Waals surface area contributed by atoms with E-state index in [2.05, 4.69) is 63.3 Å². The Morgan fingerprint density at radius 3 is 2.94 bits per heavy atom. The molecule has 0 atom stereocenters. The van der Waals surface area contributed by atoms with Crippen LogP contribution in [-0.4, -0.2) is 36.7 Å². The van der Waals surface area contributed by atoms with Gasteiger partial charge >= 0.3 is 0 Å². The van der Waals surface area contributed by atoms with Gasteiger partial charge in [0.1, 0.15) is 5.52 Å². The van der Waals surface area contributed by atoms with Crippen LogP contribution in [0.15, 0.2) is 73.1 Å². The summed E-state index contributed by atoms with van der Waals surface area (Å²) in [6.07, 6.45) is 14.9. The van der Waals surface area contributed by atoms with Crippen molar-refractivity contribution in [3.05, 3.63) is 90.1 Å². The first-order chi connectivity index (χ1) is 16.7. The number of pyridine rings is 2. The second-order valence-electron chi connectivity index (χ2n) is 8.20. The summed E-state index contributed by atoms with van der Waals surface area (Å²) in [5.74, 6) is 0.681. The molecule has 4 heterocycles. The predicted octanol–water partition coefficient (Wildman–Crippen LogP) is 5.28. The maximum Gasteiger partial charge on any atom is 0.161 e. The highest BCUT2D eigenvalue weighted by atomic mass is 15.2. The first kappa shape index (κ1) is 21.7. The zero-order valence-electron chi connectivity index (χ0n) is 19.4. The average molecular weight is 450 g/mol. The molecule has 4 aromatic heterocycles. The van der Waals surface area contributed by atoms with Gasteiger partial charge < -0.3 is 10.3 Å². The van der Waals surface area contributed by atoms with E-state index < -0.39 is 0 Å². The van der Waals surface area contributed by atoms with E-state index in [1.807, 2.05) is 37.5 Å². The van der Waals surface area contributed by atoms with Crippen LogP contribution in [0.25, 0.3) is 39.4 Å². The number of rotatable bonds is 8. The van der Waals surface area contributed by atoms with E-state index in [1.165, 1.54) is 0 Å². The Hall–Kier alpha value is -4.10. The highest BCUT2D eigenvalue weighted by molar-refractivity contribution is 5.90. The molecule has 0 saturated heterocycles. The van der Waals surface area contributed by atoms with E-state index in [-0.39, 0.29) is 0 Å². The summed E-state index contributed by atoms with van der Waals surface area (Å²) in [7, 11) is 0. The molecule has 0 bridgehead atoms. The molecule has 7 heteroatoms. The molecule has 7 nitrogen and oxygen atoms in total. The van der Waals surface area contributed by atoms with Gasteiger partial charge in [-0.1, -0.05) is 43.9 Å². The Bertz CT molecular complexity index is 1450.